The van der Waals surface area contributed by atoms with Gasteiger partial charge in [-0.25, -0.2) is 0 Å². The van der Waals surface area contributed by atoms with E-state index in [4.69, 9.17) is 9.47 Å². The van der Waals surface area contributed by atoms with Gasteiger partial charge in [-0.3, -0.25) is 14.8 Å². The van der Waals surface area contributed by atoms with Gasteiger partial charge in [-0.2, -0.15) is 0 Å². The first-order chi connectivity index (χ1) is 15.1. The first-order valence-electron chi connectivity index (χ1n) is 11.2. The molecule has 0 saturated carbocycles. The first kappa shape index (κ1) is 21.7. The van der Waals surface area contributed by atoms with Crippen LogP contribution in [0.1, 0.15) is 38.5 Å². The molecule has 2 saturated heterocycles. The molecule has 7 heteroatoms. The molecular formula is C24H32N4O3. The van der Waals surface area contributed by atoms with Crippen LogP contribution in [0.5, 0.6) is 5.75 Å². The molecule has 1 amide bonds. The lowest BCUT2D eigenvalue weighted by Gasteiger charge is -2.38. The van der Waals surface area contributed by atoms with Crippen LogP contribution in [0.2, 0.25) is 0 Å². The number of hydrogen-bond acceptors (Lipinski definition) is 6. The Bertz CT molecular complexity index is 879. The summed E-state index contributed by atoms with van der Waals surface area (Å²) in [4.78, 5) is 26.8. The number of carbonyl (C=O) groups is 1. The van der Waals surface area contributed by atoms with Gasteiger partial charge in [-0.05, 0) is 64.0 Å². The summed E-state index contributed by atoms with van der Waals surface area (Å²) < 4.78 is 11.3. The van der Waals surface area contributed by atoms with Gasteiger partial charge >= 0.3 is 0 Å². The maximum absolute atomic E-state index is 13.2. The van der Waals surface area contributed by atoms with Gasteiger partial charge in [0.2, 0.25) is 5.91 Å². The molecule has 2 fully saturated rings. The van der Waals surface area contributed by atoms with Crippen LogP contribution in [0, 0.1) is 5.92 Å². The highest BCUT2D eigenvalue weighted by molar-refractivity contribution is 5.79. The quantitative estimate of drug-likeness (QED) is 0.734. The van der Waals surface area contributed by atoms with Crippen molar-refractivity contribution in [1.29, 1.82) is 0 Å². The summed E-state index contributed by atoms with van der Waals surface area (Å²) in [5.74, 6) is 1.16. The van der Waals surface area contributed by atoms with E-state index in [1.54, 1.807) is 19.5 Å². The Morgan fingerprint density at radius 3 is 2.48 bits per heavy atom. The number of nitrogens with zero attached hydrogens (tertiary/aromatic N) is 4. The van der Waals surface area contributed by atoms with E-state index in [2.05, 4.69) is 28.7 Å². The van der Waals surface area contributed by atoms with Crippen molar-refractivity contribution in [3.8, 4) is 17.0 Å². The molecule has 0 N–H and O–H groups in total. The molecule has 0 radical (unpaired) electrons. The zero-order valence-electron chi connectivity index (χ0n) is 18.7. The van der Waals surface area contributed by atoms with Gasteiger partial charge in [0.05, 0.1) is 31.6 Å². The fraction of sp³-hybridized carbons (Fsp3) is 0.542. The van der Waals surface area contributed by atoms with E-state index in [-0.39, 0.29) is 17.9 Å². The monoisotopic (exact) mass is 424 g/mol. The van der Waals surface area contributed by atoms with Gasteiger partial charge in [-0.15, -0.1) is 0 Å². The Balaban J connectivity index is 1.47. The minimum Gasteiger partial charge on any atom is -0.497 e. The van der Waals surface area contributed by atoms with Crippen molar-refractivity contribution in [2.75, 3.05) is 39.9 Å². The summed E-state index contributed by atoms with van der Waals surface area (Å²) in [7, 11) is 1.65. The average Bonchev–Trinajstić information content (AvgIpc) is 2.84. The predicted octanol–water partition coefficient (Wildman–Crippen LogP) is 3.17. The molecule has 166 valence electrons. The number of aromatic nitrogens is 2. The normalized spacial score (nSPS) is 20.8. The number of likely N-dealkylation sites (tertiary alicyclic amines) is 1. The van der Waals surface area contributed by atoms with Crippen LogP contribution < -0.4 is 4.74 Å². The van der Waals surface area contributed by atoms with Gasteiger partial charge in [0.15, 0.2) is 0 Å². The molecular weight excluding hydrogens is 392 g/mol. The van der Waals surface area contributed by atoms with Crippen LogP contribution in [0.15, 0.2) is 36.7 Å². The first-order valence-corrected chi connectivity index (χ1v) is 11.2. The number of methoxy groups -OCH3 is 1. The van der Waals surface area contributed by atoms with E-state index in [0.717, 1.165) is 48.6 Å². The number of ether oxygens (including phenoxy) is 2. The van der Waals surface area contributed by atoms with Gasteiger partial charge < -0.3 is 19.3 Å². The summed E-state index contributed by atoms with van der Waals surface area (Å²) in [6, 6.07) is 8.31. The van der Waals surface area contributed by atoms with Crippen molar-refractivity contribution in [3.05, 3.63) is 42.4 Å². The molecule has 7 nitrogen and oxygen atoms in total. The highest BCUT2D eigenvalue weighted by Gasteiger charge is 2.34. The topological polar surface area (TPSA) is 67.8 Å². The van der Waals surface area contributed by atoms with Crippen molar-refractivity contribution in [1.82, 2.24) is 19.8 Å². The van der Waals surface area contributed by atoms with E-state index in [1.807, 2.05) is 29.2 Å². The number of piperidine rings is 1. The van der Waals surface area contributed by atoms with Crippen molar-refractivity contribution < 1.29 is 14.3 Å². The minimum absolute atomic E-state index is 0.108. The summed E-state index contributed by atoms with van der Waals surface area (Å²) in [6.07, 6.45) is 4.97. The van der Waals surface area contributed by atoms with E-state index >= 15 is 0 Å². The Kier molecular flexibility index (Phi) is 6.83. The van der Waals surface area contributed by atoms with E-state index < -0.39 is 0 Å². The van der Waals surface area contributed by atoms with Crippen molar-refractivity contribution in [3.63, 3.8) is 0 Å². The van der Waals surface area contributed by atoms with Crippen molar-refractivity contribution >= 4 is 5.91 Å². The zero-order chi connectivity index (χ0) is 21.8. The highest BCUT2D eigenvalue weighted by Crippen LogP contribution is 2.31. The molecule has 1 atom stereocenters. The standard InChI is InChI=1S/C24H32N4O3/c1-17(2)27-12-8-19(9-13-27)24(29)28-14-15-31-21(16-28)23-22(25-10-11-26-23)18-4-6-20(30-3)7-5-18/h4-7,10-11,17,19,21H,8-9,12-16H2,1-3H3/t21-/m1/s1. The lowest BCUT2D eigenvalue weighted by atomic mass is 9.94. The second-order valence-corrected chi connectivity index (χ2v) is 8.57. The number of amides is 1. The summed E-state index contributed by atoms with van der Waals surface area (Å²) >= 11 is 0. The minimum atomic E-state index is -0.278. The van der Waals surface area contributed by atoms with Crippen LogP contribution in [0.3, 0.4) is 0 Å². The van der Waals surface area contributed by atoms with E-state index in [0.29, 0.717) is 25.7 Å². The number of morpholine rings is 1. The van der Waals surface area contributed by atoms with Crippen LogP contribution in [-0.4, -0.2) is 71.6 Å². The lowest BCUT2D eigenvalue weighted by Crippen LogP contribution is -2.48. The molecule has 0 unspecified atom stereocenters. The molecule has 1 aromatic carbocycles. The van der Waals surface area contributed by atoms with Crippen molar-refractivity contribution in [2.24, 2.45) is 5.92 Å². The number of carbonyl (C=O) groups excluding carboxylic acids is 1. The molecule has 2 aliphatic rings. The Morgan fingerprint density at radius 2 is 1.81 bits per heavy atom. The Hall–Kier alpha value is -2.51. The molecule has 2 aliphatic heterocycles. The molecule has 3 heterocycles. The van der Waals surface area contributed by atoms with E-state index in [1.165, 1.54) is 0 Å². The third-order valence-corrected chi connectivity index (χ3v) is 6.38. The van der Waals surface area contributed by atoms with Crippen LogP contribution >= 0.6 is 0 Å². The third kappa shape index (κ3) is 4.88. The SMILES string of the molecule is COc1ccc(-c2nccnc2[C@H]2CN(C(=O)C3CCN(C(C)C)CC3)CCO2)cc1. The van der Waals surface area contributed by atoms with Crippen LogP contribution in [-0.2, 0) is 9.53 Å². The molecule has 0 spiro atoms. The van der Waals surface area contributed by atoms with Crippen LogP contribution in [0.25, 0.3) is 11.3 Å². The average molecular weight is 425 g/mol. The van der Waals surface area contributed by atoms with Crippen molar-refractivity contribution in [2.45, 2.75) is 38.8 Å². The molecule has 1 aromatic heterocycles. The molecule has 0 aliphatic carbocycles. The molecule has 31 heavy (non-hydrogen) atoms. The highest BCUT2D eigenvalue weighted by atomic mass is 16.5. The van der Waals surface area contributed by atoms with Crippen LogP contribution in [0.4, 0.5) is 0 Å². The molecule has 2 aromatic rings. The molecule has 4 rings (SSSR count). The third-order valence-electron chi connectivity index (χ3n) is 6.38. The Labute approximate surface area is 184 Å². The van der Waals surface area contributed by atoms with Gasteiger partial charge in [-0.1, -0.05) is 0 Å². The second-order valence-electron chi connectivity index (χ2n) is 8.57. The fourth-order valence-electron chi connectivity index (χ4n) is 4.49. The maximum Gasteiger partial charge on any atom is 0.225 e. The van der Waals surface area contributed by atoms with E-state index in [9.17, 15) is 4.79 Å². The number of hydrogen-bond donors (Lipinski definition) is 0. The van der Waals surface area contributed by atoms with Gasteiger partial charge in [0.1, 0.15) is 11.9 Å². The Morgan fingerprint density at radius 1 is 1.10 bits per heavy atom. The largest absolute Gasteiger partial charge is 0.497 e. The maximum atomic E-state index is 13.2. The fourth-order valence-corrected chi connectivity index (χ4v) is 4.49. The second kappa shape index (κ2) is 9.75. The summed E-state index contributed by atoms with van der Waals surface area (Å²) in [5, 5.41) is 0. The van der Waals surface area contributed by atoms with Gasteiger partial charge in [0.25, 0.3) is 0 Å². The lowest BCUT2D eigenvalue weighted by molar-refractivity contribution is -0.145. The predicted molar refractivity (Wildman–Crippen MR) is 119 cm³/mol. The zero-order valence-corrected chi connectivity index (χ0v) is 18.7. The summed E-state index contributed by atoms with van der Waals surface area (Å²) in [6.45, 7) is 8.09. The summed E-state index contributed by atoms with van der Waals surface area (Å²) in [5.41, 5.74) is 2.52. The van der Waals surface area contributed by atoms with Gasteiger partial charge in [0, 0.05) is 36.5 Å². The number of benzene rings is 1. The number of rotatable bonds is 5. The smallest absolute Gasteiger partial charge is 0.225 e. The molecule has 0 bridgehead atoms.